The lowest BCUT2D eigenvalue weighted by molar-refractivity contribution is -0.0661. The van der Waals surface area contributed by atoms with E-state index in [0.717, 1.165) is 0 Å². The number of hydrogen-bond acceptors (Lipinski definition) is 8. The predicted octanol–water partition coefficient (Wildman–Crippen LogP) is 1.91. The van der Waals surface area contributed by atoms with Gasteiger partial charge in [0, 0.05) is 20.3 Å². The molecule has 148 valence electrons. The van der Waals surface area contributed by atoms with E-state index in [4.69, 9.17) is 49.5 Å². The van der Waals surface area contributed by atoms with Gasteiger partial charge in [0.2, 0.25) is 10.8 Å². The normalized spacial score (nSPS) is 26.8. The quantitative estimate of drug-likeness (QED) is 0.146. The monoisotopic (exact) mass is 392 g/mol. The molecule has 0 N–H and O–H groups in total. The summed E-state index contributed by atoms with van der Waals surface area (Å²) in [5, 5.41) is -1.21. The highest BCUT2D eigenvalue weighted by Crippen LogP contribution is 2.62. The summed E-state index contributed by atoms with van der Waals surface area (Å²) in [6.45, 7) is 5.41. The number of epoxide rings is 1. The summed E-state index contributed by atoms with van der Waals surface area (Å²) in [5.74, 6) is 0.928. The van der Waals surface area contributed by atoms with Crippen molar-refractivity contribution in [3.63, 3.8) is 0 Å². The smallest absolute Gasteiger partial charge is 0.241 e. The summed E-state index contributed by atoms with van der Waals surface area (Å²) in [6, 6.07) is 0. The first-order chi connectivity index (χ1) is 12.6. The molecule has 2 aliphatic rings. The highest BCUT2D eigenvalue weighted by atomic mass is 35.5. The van der Waals surface area contributed by atoms with Crippen molar-refractivity contribution in [1.82, 2.24) is 0 Å². The zero-order valence-corrected chi connectivity index (χ0v) is 16.0. The van der Waals surface area contributed by atoms with Gasteiger partial charge in [-0.25, -0.2) is 0 Å². The van der Waals surface area contributed by atoms with Gasteiger partial charge >= 0.3 is 0 Å². The zero-order valence-electron chi connectivity index (χ0n) is 15.2. The Morgan fingerprint density at radius 3 is 2.19 bits per heavy atom. The number of methoxy groups -OCH3 is 3. The number of ether oxygens (including phenoxy) is 8. The van der Waals surface area contributed by atoms with E-state index in [1.807, 2.05) is 0 Å². The van der Waals surface area contributed by atoms with Crippen LogP contribution in [0.1, 0.15) is 0 Å². The van der Waals surface area contributed by atoms with Gasteiger partial charge in [0.1, 0.15) is 0 Å². The molecule has 2 atom stereocenters. The molecule has 2 rings (SSSR count). The second kappa shape index (κ2) is 9.59. The number of halogens is 1. The molecule has 2 unspecified atom stereocenters. The summed E-state index contributed by atoms with van der Waals surface area (Å²) in [4.78, 5) is 0. The van der Waals surface area contributed by atoms with Crippen molar-refractivity contribution < 1.29 is 37.9 Å². The van der Waals surface area contributed by atoms with E-state index in [2.05, 4.69) is 6.58 Å². The molecule has 1 heterocycles. The molecule has 8 nitrogen and oxygen atoms in total. The maximum Gasteiger partial charge on any atom is 0.241 e. The molecule has 9 heteroatoms. The van der Waals surface area contributed by atoms with Crippen LogP contribution in [0.5, 0.6) is 0 Å². The topological polar surface area (TPSA) is 77.1 Å². The second-order valence-corrected chi connectivity index (χ2v) is 5.92. The molecule has 0 aromatic rings. The summed E-state index contributed by atoms with van der Waals surface area (Å²) in [6.07, 6.45) is 3.26. The molecule has 1 aliphatic carbocycles. The summed E-state index contributed by atoms with van der Waals surface area (Å²) < 4.78 is 43.0. The minimum Gasteiger partial charge on any atom is -0.493 e. The Morgan fingerprint density at radius 2 is 1.65 bits per heavy atom. The summed E-state index contributed by atoms with van der Waals surface area (Å²) in [7, 11) is 4.66. The molecule has 1 fully saturated rings. The van der Waals surface area contributed by atoms with E-state index in [1.165, 1.54) is 7.11 Å². The molecule has 0 radical (unpaired) electrons. The molecule has 0 aromatic carbocycles. The minimum absolute atomic E-state index is 0.00785. The zero-order chi connectivity index (χ0) is 19.0. The van der Waals surface area contributed by atoms with Crippen molar-refractivity contribution in [1.29, 1.82) is 0 Å². The van der Waals surface area contributed by atoms with Crippen LogP contribution in [0.3, 0.4) is 0 Å². The van der Waals surface area contributed by atoms with E-state index in [-0.39, 0.29) is 25.1 Å². The molecule has 0 saturated carbocycles. The van der Waals surface area contributed by atoms with Crippen LogP contribution in [0.15, 0.2) is 36.0 Å². The molecule has 0 spiro atoms. The summed E-state index contributed by atoms with van der Waals surface area (Å²) in [5.41, 5.74) is -0.925. The third-order valence-corrected chi connectivity index (χ3v) is 4.34. The molecular weight excluding hydrogens is 368 g/mol. The van der Waals surface area contributed by atoms with Crippen LogP contribution in [0.4, 0.5) is 0 Å². The standard InChI is InChI=1S/C17H25ClO8/c1-5-16-10-13(24-11-22-8-6-19-2)14(25-12-23-9-7-20-3)15(21-4)17(16,18)26-16/h5,10H,1,6-9,11-12H2,2-4H3. The maximum absolute atomic E-state index is 6.53. The third kappa shape index (κ3) is 4.33. The van der Waals surface area contributed by atoms with E-state index >= 15 is 0 Å². The number of fused-ring (bicyclic) bond motifs is 1. The first kappa shape index (κ1) is 21.0. The van der Waals surface area contributed by atoms with Crippen molar-refractivity contribution in [2.24, 2.45) is 0 Å². The van der Waals surface area contributed by atoms with Crippen molar-refractivity contribution >= 4 is 11.6 Å². The number of alkyl halides is 1. The van der Waals surface area contributed by atoms with E-state index in [9.17, 15) is 0 Å². The van der Waals surface area contributed by atoms with Crippen LogP contribution in [0.2, 0.25) is 0 Å². The predicted molar refractivity (Wildman–Crippen MR) is 92.3 cm³/mol. The minimum atomic E-state index is -1.21. The molecule has 0 bridgehead atoms. The van der Waals surface area contributed by atoms with E-state index in [0.29, 0.717) is 32.2 Å². The van der Waals surface area contributed by atoms with Crippen molar-refractivity contribution in [2.45, 2.75) is 10.7 Å². The fraction of sp³-hybridized carbons (Fsp3) is 0.647. The van der Waals surface area contributed by atoms with Gasteiger partial charge in [-0.15, -0.1) is 0 Å². The number of rotatable bonds is 14. The molecule has 26 heavy (non-hydrogen) atoms. The first-order valence-corrected chi connectivity index (χ1v) is 8.40. The third-order valence-electron chi connectivity index (χ3n) is 3.79. The first-order valence-electron chi connectivity index (χ1n) is 8.02. The lowest BCUT2D eigenvalue weighted by Gasteiger charge is -2.24. The maximum atomic E-state index is 6.53. The Balaban J connectivity index is 2.08. The molecule has 0 amide bonds. The van der Waals surface area contributed by atoms with Crippen LogP contribution in [-0.4, -0.2) is 72.0 Å². The molecule has 1 saturated heterocycles. The van der Waals surface area contributed by atoms with Crippen LogP contribution < -0.4 is 0 Å². The second-order valence-electron chi connectivity index (χ2n) is 5.39. The van der Waals surface area contributed by atoms with E-state index < -0.39 is 10.7 Å². The van der Waals surface area contributed by atoms with Gasteiger partial charge in [-0.3, -0.25) is 0 Å². The summed E-state index contributed by atoms with van der Waals surface area (Å²) >= 11 is 6.53. The van der Waals surface area contributed by atoms with Crippen LogP contribution in [-0.2, 0) is 37.9 Å². The Morgan fingerprint density at radius 1 is 1.04 bits per heavy atom. The Bertz CT molecular complexity index is 549. The highest BCUT2D eigenvalue weighted by Gasteiger charge is 2.73. The fourth-order valence-corrected chi connectivity index (χ4v) is 2.80. The molecule has 0 aromatic heterocycles. The molecular formula is C17H25ClO8. The Kier molecular flexibility index (Phi) is 7.75. The lowest BCUT2D eigenvalue weighted by Crippen LogP contribution is -2.28. The Hall–Kier alpha value is -1.29. The van der Waals surface area contributed by atoms with Gasteiger partial charge in [-0.05, 0) is 0 Å². The van der Waals surface area contributed by atoms with Gasteiger partial charge < -0.3 is 37.9 Å². The largest absolute Gasteiger partial charge is 0.493 e. The van der Waals surface area contributed by atoms with Crippen LogP contribution in [0, 0.1) is 0 Å². The van der Waals surface area contributed by atoms with Crippen molar-refractivity contribution in [3.8, 4) is 0 Å². The van der Waals surface area contributed by atoms with Gasteiger partial charge in [0.15, 0.2) is 30.7 Å². The van der Waals surface area contributed by atoms with Gasteiger partial charge in [0.25, 0.3) is 0 Å². The average Bonchev–Trinajstić information content (AvgIpc) is 3.26. The van der Waals surface area contributed by atoms with Crippen molar-refractivity contribution in [3.05, 3.63) is 36.0 Å². The highest BCUT2D eigenvalue weighted by molar-refractivity contribution is 6.28. The van der Waals surface area contributed by atoms with E-state index in [1.54, 1.807) is 26.4 Å². The van der Waals surface area contributed by atoms with Crippen LogP contribution in [0.25, 0.3) is 0 Å². The lowest BCUT2D eigenvalue weighted by atomic mass is 9.96. The van der Waals surface area contributed by atoms with Crippen molar-refractivity contribution in [2.75, 3.05) is 61.3 Å². The number of hydrogen-bond donors (Lipinski definition) is 0. The van der Waals surface area contributed by atoms with Gasteiger partial charge in [-0.1, -0.05) is 24.3 Å². The van der Waals surface area contributed by atoms with Gasteiger partial charge in [-0.2, -0.15) is 0 Å². The SMILES string of the molecule is C=CC12C=C(OCOCCOC)C(OCOCCOC)=C(OC)C1(Cl)O2. The fourth-order valence-electron chi connectivity index (χ4n) is 2.38. The average molecular weight is 393 g/mol. The van der Waals surface area contributed by atoms with Crippen LogP contribution >= 0.6 is 11.6 Å². The molecule has 1 aliphatic heterocycles. The van der Waals surface area contributed by atoms with Gasteiger partial charge in [0.05, 0.1) is 33.5 Å². The Labute approximate surface area is 158 Å².